The topological polar surface area (TPSA) is 53.7 Å². The first kappa shape index (κ1) is 16.6. The Kier molecular flexibility index (Phi) is 8.84. The third kappa shape index (κ3) is 4.11. The van der Waals surface area contributed by atoms with E-state index >= 15 is 0 Å². The van der Waals surface area contributed by atoms with Gasteiger partial charge < -0.3 is 19.9 Å². The molecule has 4 heteroatoms. The molecule has 0 atom stereocenters. The molecule has 0 bridgehead atoms. The Bertz CT molecular complexity index is 340. The predicted octanol–water partition coefficient (Wildman–Crippen LogP) is 2.98. The maximum absolute atomic E-state index is 5.48. The number of fused-ring (bicyclic) bond motifs is 1. The van der Waals surface area contributed by atoms with Crippen LogP contribution in [0.4, 0.5) is 0 Å². The van der Waals surface area contributed by atoms with Gasteiger partial charge in [-0.3, -0.25) is 0 Å². The van der Waals surface area contributed by atoms with Gasteiger partial charge in [0.25, 0.3) is 0 Å². The summed E-state index contributed by atoms with van der Waals surface area (Å²) in [5, 5.41) is 0. The third-order valence-corrected chi connectivity index (χ3v) is 2.15. The second kappa shape index (κ2) is 9.59. The fourth-order valence-corrected chi connectivity index (χ4v) is 1.49. The van der Waals surface area contributed by atoms with Crippen LogP contribution in [0, 0.1) is 0 Å². The zero-order chi connectivity index (χ0) is 14.0. The molecule has 4 nitrogen and oxygen atoms in total. The highest BCUT2D eigenvalue weighted by Crippen LogP contribution is 2.41. The zero-order valence-corrected chi connectivity index (χ0v) is 12.1. The van der Waals surface area contributed by atoms with E-state index in [2.05, 4.69) is 0 Å². The van der Waals surface area contributed by atoms with Gasteiger partial charge in [0.15, 0.2) is 11.5 Å². The molecule has 1 aromatic rings. The average molecular weight is 255 g/mol. The number of hydrogen-bond donors (Lipinski definition) is 1. The average Bonchev–Trinajstić information content (AvgIpc) is 2.91. The summed E-state index contributed by atoms with van der Waals surface area (Å²) in [4.78, 5) is 0. The smallest absolute Gasteiger partial charge is 0.231 e. The molecule has 18 heavy (non-hydrogen) atoms. The maximum atomic E-state index is 5.48. The van der Waals surface area contributed by atoms with Crippen LogP contribution in [0.25, 0.3) is 0 Å². The van der Waals surface area contributed by atoms with Gasteiger partial charge in [-0.25, -0.2) is 0 Å². The first-order valence-corrected chi connectivity index (χ1v) is 6.51. The first-order chi connectivity index (χ1) is 8.85. The molecular formula is C14H25NO3. The summed E-state index contributed by atoms with van der Waals surface area (Å²) in [5.41, 5.74) is 6.59. The Morgan fingerprint density at radius 2 is 1.83 bits per heavy atom. The Labute approximate surface area is 110 Å². The third-order valence-electron chi connectivity index (χ3n) is 2.15. The molecule has 1 aromatic carbocycles. The summed E-state index contributed by atoms with van der Waals surface area (Å²) in [7, 11) is 1.61. The quantitative estimate of drug-likeness (QED) is 0.902. The van der Waals surface area contributed by atoms with Crippen molar-refractivity contribution in [2.45, 2.75) is 34.1 Å². The van der Waals surface area contributed by atoms with Gasteiger partial charge in [-0.2, -0.15) is 0 Å². The molecule has 0 unspecified atom stereocenters. The van der Waals surface area contributed by atoms with Gasteiger partial charge in [0.05, 0.1) is 7.11 Å². The van der Waals surface area contributed by atoms with Gasteiger partial charge in [0, 0.05) is 0 Å². The Hall–Kier alpha value is -1.42. The second-order valence-corrected chi connectivity index (χ2v) is 3.07. The molecule has 2 N–H and O–H groups in total. The maximum Gasteiger partial charge on any atom is 0.231 e. The standard InChI is InChI=1S/C10H13NO3.2C2H6/c1-12-8-4-7(2-3-11)5-9-10(8)14-6-13-9;2*1-2/h4-5H,2-3,6,11H2,1H3;2*1-2H3. The van der Waals surface area contributed by atoms with Crippen LogP contribution in [0.15, 0.2) is 12.1 Å². The van der Waals surface area contributed by atoms with Crippen molar-refractivity contribution in [1.29, 1.82) is 0 Å². The summed E-state index contributed by atoms with van der Waals surface area (Å²) in [6.07, 6.45) is 0.812. The van der Waals surface area contributed by atoms with E-state index in [1.54, 1.807) is 7.11 Å². The van der Waals surface area contributed by atoms with E-state index in [-0.39, 0.29) is 6.79 Å². The SMILES string of the molecule is CC.CC.COc1cc(CCN)cc2c1OCO2. The molecule has 0 saturated carbocycles. The van der Waals surface area contributed by atoms with Gasteiger partial charge in [-0.15, -0.1) is 0 Å². The van der Waals surface area contributed by atoms with Crippen LogP contribution in [0.3, 0.4) is 0 Å². The van der Waals surface area contributed by atoms with Gasteiger partial charge >= 0.3 is 0 Å². The molecule has 0 radical (unpaired) electrons. The van der Waals surface area contributed by atoms with E-state index < -0.39 is 0 Å². The lowest BCUT2D eigenvalue weighted by molar-refractivity contribution is 0.171. The van der Waals surface area contributed by atoms with E-state index in [4.69, 9.17) is 19.9 Å². The molecular weight excluding hydrogens is 230 g/mol. The van der Waals surface area contributed by atoms with E-state index in [0.29, 0.717) is 18.0 Å². The molecule has 2 rings (SSSR count). The van der Waals surface area contributed by atoms with Crippen molar-refractivity contribution in [3.63, 3.8) is 0 Å². The molecule has 0 spiro atoms. The van der Waals surface area contributed by atoms with E-state index in [9.17, 15) is 0 Å². The summed E-state index contributed by atoms with van der Waals surface area (Å²) in [6, 6.07) is 3.87. The lowest BCUT2D eigenvalue weighted by Gasteiger charge is -2.07. The first-order valence-electron chi connectivity index (χ1n) is 6.51. The van der Waals surface area contributed by atoms with Crippen LogP contribution in [-0.4, -0.2) is 20.4 Å². The largest absolute Gasteiger partial charge is 0.493 e. The fraction of sp³-hybridized carbons (Fsp3) is 0.571. The number of benzene rings is 1. The van der Waals surface area contributed by atoms with Crippen LogP contribution < -0.4 is 19.9 Å². The zero-order valence-electron chi connectivity index (χ0n) is 12.1. The summed E-state index contributed by atoms with van der Waals surface area (Å²) in [5.74, 6) is 2.14. The van der Waals surface area contributed by atoms with Crippen molar-refractivity contribution in [1.82, 2.24) is 0 Å². The highest BCUT2D eigenvalue weighted by atomic mass is 16.7. The van der Waals surface area contributed by atoms with Crippen molar-refractivity contribution < 1.29 is 14.2 Å². The van der Waals surface area contributed by atoms with Crippen LogP contribution >= 0.6 is 0 Å². The molecule has 104 valence electrons. The number of rotatable bonds is 3. The van der Waals surface area contributed by atoms with Gasteiger partial charge in [0.2, 0.25) is 12.5 Å². The number of hydrogen-bond acceptors (Lipinski definition) is 4. The summed E-state index contributed by atoms with van der Waals surface area (Å²) < 4.78 is 15.8. The normalized spacial score (nSPS) is 10.8. The van der Waals surface area contributed by atoms with Gasteiger partial charge in [-0.05, 0) is 30.7 Å². The van der Waals surface area contributed by atoms with E-state index in [0.717, 1.165) is 17.7 Å². The Morgan fingerprint density at radius 1 is 1.17 bits per heavy atom. The molecule has 1 aliphatic rings. The van der Waals surface area contributed by atoms with Crippen molar-refractivity contribution in [3.8, 4) is 17.2 Å². The minimum Gasteiger partial charge on any atom is -0.493 e. The summed E-state index contributed by atoms with van der Waals surface area (Å²) >= 11 is 0. The van der Waals surface area contributed by atoms with Crippen molar-refractivity contribution >= 4 is 0 Å². The van der Waals surface area contributed by atoms with Crippen molar-refractivity contribution in [2.24, 2.45) is 5.73 Å². The molecule has 0 amide bonds. The highest BCUT2D eigenvalue weighted by molar-refractivity contribution is 5.55. The molecule has 0 fully saturated rings. The second-order valence-electron chi connectivity index (χ2n) is 3.07. The summed E-state index contributed by atoms with van der Waals surface area (Å²) in [6.45, 7) is 8.88. The number of methoxy groups -OCH3 is 1. The lowest BCUT2D eigenvalue weighted by atomic mass is 10.1. The number of nitrogens with two attached hydrogens (primary N) is 1. The Morgan fingerprint density at radius 3 is 2.39 bits per heavy atom. The molecule has 1 aliphatic heterocycles. The monoisotopic (exact) mass is 255 g/mol. The van der Waals surface area contributed by atoms with Gasteiger partial charge in [0.1, 0.15) is 0 Å². The van der Waals surface area contributed by atoms with Crippen LogP contribution in [0.2, 0.25) is 0 Å². The van der Waals surface area contributed by atoms with Gasteiger partial charge in [-0.1, -0.05) is 27.7 Å². The minimum atomic E-state index is 0.262. The lowest BCUT2D eigenvalue weighted by Crippen LogP contribution is -2.02. The predicted molar refractivity (Wildman–Crippen MR) is 74.6 cm³/mol. The molecule has 1 heterocycles. The van der Waals surface area contributed by atoms with Crippen molar-refractivity contribution in [3.05, 3.63) is 17.7 Å². The molecule has 0 aromatic heterocycles. The highest BCUT2D eigenvalue weighted by Gasteiger charge is 2.19. The van der Waals surface area contributed by atoms with Crippen LogP contribution in [0.1, 0.15) is 33.3 Å². The fourth-order valence-electron chi connectivity index (χ4n) is 1.49. The van der Waals surface area contributed by atoms with Crippen molar-refractivity contribution in [2.75, 3.05) is 20.4 Å². The minimum absolute atomic E-state index is 0.262. The van der Waals surface area contributed by atoms with E-state index in [1.165, 1.54) is 0 Å². The van der Waals surface area contributed by atoms with Crippen LogP contribution in [-0.2, 0) is 6.42 Å². The molecule has 0 saturated heterocycles. The van der Waals surface area contributed by atoms with E-state index in [1.807, 2.05) is 39.8 Å². The number of ether oxygens (including phenoxy) is 3. The Balaban J connectivity index is 0.000000659. The van der Waals surface area contributed by atoms with Crippen LogP contribution in [0.5, 0.6) is 17.2 Å². The molecule has 0 aliphatic carbocycles.